The van der Waals surface area contributed by atoms with Crippen LogP contribution in [0.4, 0.5) is 8.78 Å². The molecule has 0 amide bonds. The predicted octanol–water partition coefficient (Wildman–Crippen LogP) is 5.06. The van der Waals surface area contributed by atoms with E-state index in [1.807, 2.05) is 30.3 Å². The second kappa shape index (κ2) is 11.3. The summed E-state index contributed by atoms with van der Waals surface area (Å²) in [7, 11) is 0. The highest BCUT2D eigenvalue weighted by atomic mass is 19.1. The molecule has 0 unspecified atom stereocenters. The first kappa shape index (κ1) is 27.3. The van der Waals surface area contributed by atoms with Gasteiger partial charge in [0.05, 0.1) is 25.3 Å². The zero-order valence-electron chi connectivity index (χ0n) is 21.7. The largest absolute Gasteiger partial charge is 0.465 e. The van der Waals surface area contributed by atoms with E-state index in [1.54, 1.807) is 25.3 Å². The third kappa shape index (κ3) is 4.54. The van der Waals surface area contributed by atoms with Crippen molar-refractivity contribution in [3.05, 3.63) is 70.9 Å². The second-order valence-corrected chi connectivity index (χ2v) is 9.13. The quantitative estimate of drug-likeness (QED) is 0.220. The van der Waals surface area contributed by atoms with E-state index in [9.17, 15) is 18.8 Å². The minimum absolute atomic E-state index is 0.0915. The monoisotopic (exact) mass is 527 g/mol. The van der Waals surface area contributed by atoms with Gasteiger partial charge in [0.15, 0.2) is 0 Å². The van der Waals surface area contributed by atoms with E-state index in [2.05, 4.69) is 0 Å². The summed E-state index contributed by atoms with van der Waals surface area (Å²) in [6.07, 6.45) is 1.12. The second-order valence-electron chi connectivity index (χ2n) is 9.13. The fraction of sp³-hybridized carbons (Fsp3) is 0.414. The molecule has 38 heavy (non-hydrogen) atoms. The SMILES string of the molecule is CCOC(=O)C(C(=O)OCC)(C(=O)OCC)[C@@H]1CCCc2c1n(Cc1ccccc1)c1c(F)cc(F)cc21. The molecule has 0 radical (unpaired) electrons. The summed E-state index contributed by atoms with van der Waals surface area (Å²) in [4.78, 5) is 40.9. The summed E-state index contributed by atoms with van der Waals surface area (Å²) < 4.78 is 47.4. The van der Waals surface area contributed by atoms with Crippen LogP contribution >= 0.6 is 0 Å². The van der Waals surface area contributed by atoms with Crippen molar-refractivity contribution in [2.75, 3.05) is 19.8 Å². The molecule has 0 N–H and O–H groups in total. The number of hydrogen-bond donors (Lipinski definition) is 0. The molecule has 7 nitrogen and oxygen atoms in total. The molecule has 0 saturated heterocycles. The van der Waals surface area contributed by atoms with Crippen LogP contribution in [-0.2, 0) is 41.6 Å². The molecule has 202 valence electrons. The summed E-state index contributed by atoms with van der Waals surface area (Å²) >= 11 is 0. The Morgan fingerprint density at radius 1 is 0.921 bits per heavy atom. The highest BCUT2D eigenvalue weighted by molar-refractivity contribution is 6.19. The van der Waals surface area contributed by atoms with Crippen LogP contribution in [0.5, 0.6) is 0 Å². The number of carbonyl (C=O) groups excluding carboxylic acids is 3. The van der Waals surface area contributed by atoms with Crippen molar-refractivity contribution in [1.82, 2.24) is 4.57 Å². The number of aromatic nitrogens is 1. The van der Waals surface area contributed by atoms with Gasteiger partial charge >= 0.3 is 17.9 Å². The van der Waals surface area contributed by atoms with Crippen molar-refractivity contribution in [3.8, 4) is 0 Å². The Morgan fingerprint density at radius 3 is 2.05 bits per heavy atom. The number of esters is 3. The van der Waals surface area contributed by atoms with E-state index >= 15 is 4.39 Å². The fourth-order valence-corrected chi connectivity index (χ4v) is 5.54. The van der Waals surface area contributed by atoms with Crippen LogP contribution in [0, 0.1) is 17.0 Å². The molecule has 0 bridgehead atoms. The Balaban J connectivity index is 2.08. The number of aryl methyl sites for hydroxylation is 1. The summed E-state index contributed by atoms with van der Waals surface area (Å²) in [6, 6.07) is 11.3. The molecule has 1 aliphatic carbocycles. The van der Waals surface area contributed by atoms with Gasteiger partial charge in [0.2, 0.25) is 0 Å². The number of carbonyl (C=O) groups is 3. The minimum Gasteiger partial charge on any atom is -0.465 e. The van der Waals surface area contributed by atoms with Crippen LogP contribution in [0.3, 0.4) is 0 Å². The van der Waals surface area contributed by atoms with Gasteiger partial charge in [0.1, 0.15) is 11.6 Å². The van der Waals surface area contributed by atoms with E-state index < -0.39 is 40.9 Å². The molecule has 0 spiro atoms. The molecular formula is C29H31F2NO6. The third-order valence-electron chi connectivity index (χ3n) is 6.97. The summed E-state index contributed by atoms with van der Waals surface area (Å²) in [5, 5.41) is 0.337. The molecule has 1 aliphatic rings. The Bertz CT molecular complexity index is 1300. The molecule has 4 rings (SSSR count). The minimum atomic E-state index is -2.48. The maximum Gasteiger partial charge on any atom is 0.335 e. The highest BCUT2D eigenvalue weighted by Crippen LogP contribution is 2.50. The van der Waals surface area contributed by atoms with Gasteiger partial charge in [-0.25, -0.2) is 8.78 Å². The maximum absolute atomic E-state index is 15.4. The zero-order valence-corrected chi connectivity index (χ0v) is 21.7. The smallest absolute Gasteiger partial charge is 0.335 e. The van der Waals surface area contributed by atoms with Crippen molar-refractivity contribution in [1.29, 1.82) is 0 Å². The third-order valence-corrected chi connectivity index (χ3v) is 6.97. The fourth-order valence-electron chi connectivity index (χ4n) is 5.54. The molecule has 0 aliphatic heterocycles. The average Bonchev–Trinajstić information content (AvgIpc) is 3.19. The van der Waals surface area contributed by atoms with Gasteiger partial charge in [0.25, 0.3) is 5.41 Å². The predicted molar refractivity (Wildman–Crippen MR) is 135 cm³/mol. The molecule has 0 fully saturated rings. The number of fused-ring (bicyclic) bond motifs is 3. The molecule has 9 heteroatoms. The molecule has 2 aromatic carbocycles. The molecule has 1 aromatic heterocycles. The van der Waals surface area contributed by atoms with E-state index in [0.29, 0.717) is 29.5 Å². The summed E-state index contributed by atoms with van der Waals surface area (Å²) in [5.41, 5.74) is -0.553. The van der Waals surface area contributed by atoms with Crippen molar-refractivity contribution >= 4 is 28.8 Å². The van der Waals surface area contributed by atoms with Gasteiger partial charge < -0.3 is 18.8 Å². The molecule has 0 saturated carbocycles. The van der Waals surface area contributed by atoms with Crippen molar-refractivity contribution in [2.24, 2.45) is 5.41 Å². The number of nitrogens with zero attached hydrogens (tertiary/aromatic N) is 1. The molecule has 3 aromatic rings. The lowest BCUT2D eigenvalue weighted by Crippen LogP contribution is -2.54. The first-order valence-electron chi connectivity index (χ1n) is 12.9. The maximum atomic E-state index is 15.4. The van der Waals surface area contributed by atoms with Crippen LogP contribution in [0.2, 0.25) is 0 Å². The Morgan fingerprint density at radius 2 is 1.50 bits per heavy atom. The lowest BCUT2D eigenvalue weighted by molar-refractivity contribution is -0.186. The lowest BCUT2D eigenvalue weighted by Gasteiger charge is -2.37. The number of hydrogen-bond acceptors (Lipinski definition) is 6. The van der Waals surface area contributed by atoms with Crippen LogP contribution in [-0.4, -0.2) is 42.3 Å². The van der Waals surface area contributed by atoms with Gasteiger partial charge in [-0.15, -0.1) is 0 Å². The molecular weight excluding hydrogens is 496 g/mol. The zero-order chi connectivity index (χ0) is 27.4. The van der Waals surface area contributed by atoms with E-state index in [0.717, 1.165) is 11.6 Å². The standard InChI is InChI=1S/C29H31F2NO6/c1-4-36-26(33)29(27(34)37-5-2,28(35)38-6-3)22-14-10-13-20-21-15-19(30)16-23(31)25(21)32(24(20)22)17-18-11-8-7-9-12-18/h7-9,11-12,15-16,22H,4-6,10,13-14,17H2,1-3H3/t22-/m1/s1. The topological polar surface area (TPSA) is 83.8 Å². The number of rotatable bonds is 9. The number of benzene rings is 2. The van der Waals surface area contributed by atoms with Crippen LogP contribution in [0.1, 0.15) is 56.4 Å². The average molecular weight is 528 g/mol. The first-order valence-corrected chi connectivity index (χ1v) is 12.9. The van der Waals surface area contributed by atoms with Crippen LogP contribution in [0.25, 0.3) is 10.9 Å². The van der Waals surface area contributed by atoms with E-state index in [-0.39, 0.29) is 38.3 Å². The van der Waals surface area contributed by atoms with Gasteiger partial charge in [-0.2, -0.15) is 0 Å². The Kier molecular flexibility index (Phi) is 8.14. The Hall–Kier alpha value is -3.75. The normalized spacial score (nSPS) is 15.1. The highest BCUT2D eigenvalue weighted by Gasteiger charge is 2.64. The van der Waals surface area contributed by atoms with Gasteiger partial charge in [-0.3, -0.25) is 14.4 Å². The van der Waals surface area contributed by atoms with Gasteiger partial charge in [-0.05, 0) is 57.2 Å². The number of ether oxygens (including phenoxy) is 3. The van der Waals surface area contributed by atoms with Crippen LogP contribution < -0.4 is 0 Å². The molecule has 1 heterocycles. The first-order chi connectivity index (χ1) is 18.3. The van der Waals surface area contributed by atoms with Gasteiger partial charge in [-0.1, -0.05) is 30.3 Å². The summed E-state index contributed by atoms with van der Waals surface area (Å²) in [6.45, 7) is 4.58. The van der Waals surface area contributed by atoms with Crippen molar-refractivity contribution < 1.29 is 37.4 Å². The van der Waals surface area contributed by atoms with Gasteiger partial charge in [0, 0.05) is 29.6 Å². The van der Waals surface area contributed by atoms with Crippen molar-refractivity contribution in [2.45, 2.75) is 52.5 Å². The number of halogens is 2. The van der Waals surface area contributed by atoms with Crippen LogP contribution in [0.15, 0.2) is 42.5 Å². The Labute approximate surface area is 219 Å². The lowest BCUT2D eigenvalue weighted by atomic mass is 9.67. The van der Waals surface area contributed by atoms with Crippen molar-refractivity contribution in [3.63, 3.8) is 0 Å². The van der Waals surface area contributed by atoms with E-state index in [1.165, 1.54) is 6.07 Å². The summed E-state index contributed by atoms with van der Waals surface area (Å²) in [5.74, 6) is -5.88. The van der Waals surface area contributed by atoms with E-state index in [4.69, 9.17) is 14.2 Å². The molecule has 1 atom stereocenters.